The van der Waals surface area contributed by atoms with Gasteiger partial charge in [-0.3, -0.25) is 0 Å². The van der Waals surface area contributed by atoms with Crippen molar-refractivity contribution in [1.29, 1.82) is 0 Å². The third-order valence-electron chi connectivity index (χ3n) is 4.96. The average molecular weight is 258 g/mol. The highest BCUT2D eigenvalue weighted by molar-refractivity contribution is 5.54. The lowest BCUT2D eigenvalue weighted by molar-refractivity contribution is 0.310. The number of para-hydroxylation sites is 1. The minimum atomic E-state index is 0.562. The van der Waals surface area contributed by atoms with E-state index in [-0.39, 0.29) is 0 Å². The van der Waals surface area contributed by atoms with Crippen LogP contribution in [0.25, 0.3) is 0 Å². The molecule has 104 valence electrons. The van der Waals surface area contributed by atoms with Gasteiger partial charge in [0.25, 0.3) is 0 Å². The van der Waals surface area contributed by atoms with E-state index in [2.05, 4.69) is 41.8 Å². The largest absolute Gasteiger partial charge is 0.385 e. The Bertz CT molecular complexity index is 421. The lowest BCUT2D eigenvalue weighted by Crippen LogP contribution is -2.34. The van der Waals surface area contributed by atoms with E-state index in [4.69, 9.17) is 0 Å². The number of anilines is 1. The highest BCUT2D eigenvalue weighted by Gasteiger charge is 2.28. The molecule has 0 aromatic heterocycles. The fourth-order valence-corrected chi connectivity index (χ4v) is 3.72. The topological polar surface area (TPSA) is 24.1 Å². The van der Waals surface area contributed by atoms with Gasteiger partial charge in [-0.05, 0) is 36.3 Å². The Morgan fingerprint density at radius 3 is 2.89 bits per heavy atom. The van der Waals surface area contributed by atoms with Gasteiger partial charge in [-0.25, -0.2) is 0 Å². The number of nitrogens with one attached hydrogen (secondary N) is 2. The molecule has 1 aliphatic heterocycles. The van der Waals surface area contributed by atoms with Crippen LogP contribution >= 0.6 is 0 Å². The summed E-state index contributed by atoms with van der Waals surface area (Å²) in [5, 5.41) is 7.25. The van der Waals surface area contributed by atoms with E-state index < -0.39 is 0 Å². The smallest absolute Gasteiger partial charge is 0.0376 e. The third-order valence-corrected chi connectivity index (χ3v) is 4.96. The van der Waals surface area contributed by atoms with E-state index in [1.807, 2.05) is 0 Å². The van der Waals surface area contributed by atoms with Gasteiger partial charge in [-0.2, -0.15) is 0 Å². The van der Waals surface area contributed by atoms with Crippen molar-refractivity contribution in [1.82, 2.24) is 5.32 Å². The molecule has 1 aromatic rings. The Morgan fingerprint density at radius 2 is 2.05 bits per heavy atom. The first-order valence-electron chi connectivity index (χ1n) is 7.80. The van der Waals surface area contributed by atoms with Gasteiger partial charge in [0, 0.05) is 31.2 Å². The molecule has 0 amide bonds. The summed E-state index contributed by atoms with van der Waals surface area (Å²) in [5.41, 5.74) is 3.40. The van der Waals surface area contributed by atoms with Gasteiger partial charge in [-0.1, -0.05) is 38.0 Å². The summed E-state index contributed by atoms with van der Waals surface area (Å²) in [6.45, 7) is 5.89. The molecule has 2 aliphatic rings. The Morgan fingerprint density at radius 1 is 1.26 bits per heavy atom. The van der Waals surface area contributed by atoms with Crippen molar-refractivity contribution in [2.24, 2.45) is 5.41 Å². The molecular formula is C17H26N2. The van der Waals surface area contributed by atoms with E-state index in [1.54, 1.807) is 0 Å². The van der Waals surface area contributed by atoms with Crippen LogP contribution in [0.5, 0.6) is 0 Å². The van der Waals surface area contributed by atoms with E-state index in [9.17, 15) is 0 Å². The van der Waals surface area contributed by atoms with Gasteiger partial charge in [0.05, 0.1) is 0 Å². The normalized spacial score (nSPS) is 24.8. The average Bonchev–Trinajstić information content (AvgIpc) is 2.86. The molecule has 0 radical (unpaired) electrons. The molecule has 1 heterocycles. The van der Waals surface area contributed by atoms with Crippen LogP contribution in [0.2, 0.25) is 0 Å². The molecule has 0 saturated heterocycles. The summed E-state index contributed by atoms with van der Waals surface area (Å²) in [4.78, 5) is 0. The number of benzene rings is 1. The van der Waals surface area contributed by atoms with Crippen LogP contribution in [0.3, 0.4) is 0 Å². The number of rotatable bonds is 4. The lowest BCUT2D eigenvalue weighted by Gasteiger charge is -2.29. The van der Waals surface area contributed by atoms with Crippen LogP contribution in [0, 0.1) is 5.41 Å². The minimum Gasteiger partial charge on any atom is -0.385 e. The van der Waals surface area contributed by atoms with Crippen molar-refractivity contribution < 1.29 is 0 Å². The van der Waals surface area contributed by atoms with Crippen LogP contribution in [-0.4, -0.2) is 19.6 Å². The molecule has 1 fully saturated rings. The second kappa shape index (κ2) is 5.54. The first-order valence-corrected chi connectivity index (χ1v) is 7.80. The second-order valence-electron chi connectivity index (χ2n) is 6.65. The SMILES string of the molecule is CC1(CNCC2CCNc3ccccc32)CCCC1. The van der Waals surface area contributed by atoms with Gasteiger partial charge in [0.15, 0.2) is 0 Å². The van der Waals surface area contributed by atoms with Crippen molar-refractivity contribution >= 4 is 5.69 Å². The molecule has 1 aromatic carbocycles. The first kappa shape index (κ1) is 13.0. The lowest BCUT2D eigenvalue weighted by atomic mass is 9.87. The third kappa shape index (κ3) is 2.94. The summed E-state index contributed by atoms with van der Waals surface area (Å²) in [5.74, 6) is 0.683. The predicted molar refractivity (Wildman–Crippen MR) is 81.7 cm³/mol. The Balaban J connectivity index is 1.56. The minimum absolute atomic E-state index is 0.562. The zero-order valence-corrected chi connectivity index (χ0v) is 12.0. The fraction of sp³-hybridized carbons (Fsp3) is 0.647. The Kier molecular flexibility index (Phi) is 3.79. The molecular weight excluding hydrogens is 232 g/mol. The van der Waals surface area contributed by atoms with Gasteiger partial charge in [-0.15, -0.1) is 0 Å². The van der Waals surface area contributed by atoms with Crippen molar-refractivity contribution in [3.63, 3.8) is 0 Å². The fourth-order valence-electron chi connectivity index (χ4n) is 3.72. The van der Waals surface area contributed by atoms with Crippen LogP contribution in [0.1, 0.15) is 50.5 Å². The molecule has 1 aliphatic carbocycles. The maximum Gasteiger partial charge on any atom is 0.0376 e. The summed E-state index contributed by atoms with van der Waals surface area (Å²) in [7, 11) is 0. The molecule has 1 unspecified atom stereocenters. The van der Waals surface area contributed by atoms with E-state index in [1.165, 1.54) is 49.9 Å². The van der Waals surface area contributed by atoms with E-state index >= 15 is 0 Å². The highest BCUT2D eigenvalue weighted by Crippen LogP contribution is 2.37. The Hall–Kier alpha value is -1.02. The van der Waals surface area contributed by atoms with E-state index in [0.29, 0.717) is 11.3 Å². The molecule has 19 heavy (non-hydrogen) atoms. The van der Waals surface area contributed by atoms with Crippen LogP contribution < -0.4 is 10.6 Å². The summed E-state index contributed by atoms with van der Waals surface area (Å²) in [6.07, 6.45) is 6.91. The van der Waals surface area contributed by atoms with Crippen molar-refractivity contribution in [3.05, 3.63) is 29.8 Å². The van der Waals surface area contributed by atoms with Crippen molar-refractivity contribution in [2.45, 2.75) is 44.9 Å². The van der Waals surface area contributed by atoms with Gasteiger partial charge in [0.1, 0.15) is 0 Å². The summed E-state index contributed by atoms with van der Waals surface area (Å²) >= 11 is 0. The zero-order chi connectivity index (χ0) is 13.1. The van der Waals surface area contributed by atoms with Crippen molar-refractivity contribution in [2.75, 3.05) is 25.0 Å². The molecule has 2 heteroatoms. The van der Waals surface area contributed by atoms with Gasteiger partial charge in [0.2, 0.25) is 0 Å². The Labute approximate surface area is 117 Å². The molecule has 2 N–H and O–H groups in total. The first-order chi connectivity index (χ1) is 9.27. The number of fused-ring (bicyclic) bond motifs is 1. The van der Waals surface area contributed by atoms with Crippen molar-refractivity contribution in [3.8, 4) is 0 Å². The number of hydrogen-bond donors (Lipinski definition) is 2. The van der Waals surface area contributed by atoms with Gasteiger partial charge < -0.3 is 10.6 Å². The molecule has 1 atom stereocenters. The standard InChI is InChI=1S/C17H26N2/c1-17(9-4-5-10-17)13-18-12-14-8-11-19-16-7-3-2-6-15(14)16/h2-3,6-7,14,18-19H,4-5,8-13H2,1H3. The molecule has 1 saturated carbocycles. The molecule has 2 nitrogen and oxygen atoms in total. The monoisotopic (exact) mass is 258 g/mol. The van der Waals surface area contributed by atoms with Crippen LogP contribution in [-0.2, 0) is 0 Å². The molecule has 3 rings (SSSR count). The molecule has 0 bridgehead atoms. The maximum atomic E-state index is 3.75. The maximum absolute atomic E-state index is 3.75. The summed E-state index contributed by atoms with van der Waals surface area (Å²) in [6, 6.07) is 8.78. The second-order valence-corrected chi connectivity index (χ2v) is 6.65. The number of hydrogen-bond acceptors (Lipinski definition) is 2. The highest BCUT2D eigenvalue weighted by atomic mass is 14.9. The predicted octanol–water partition coefficient (Wildman–Crippen LogP) is 3.76. The van der Waals surface area contributed by atoms with Crippen LogP contribution in [0.15, 0.2) is 24.3 Å². The van der Waals surface area contributed by atoms with Crippen LogP contribution in [0.4, 0.5) is 5.69 Å². The zero-order valence-electron chi connectivity index (χ0n) is 12.0. The molecule has 0 spiro atoms. The van der Waals surface area contributed by atoms with E-state index in [0.717, 1.165) is 13.1 Å². The quantitative estimate of drug-likeness (QED) is 0.859. The summed E-state index contributed by atoms with van der Waals surface area (Å²) < 4.78 is 0. The van der Waals surface area contributed by atoms with Gasteiger partial charge >= 0.3 is 0 Å².